The van der Waals surface area contributed by atoms with Gasteiger partial charge in [0, 0.05) is 15.8 Å². The molecule has 2 atom stereocenters. The SMILES string of the molecule is CCNC(Cc1ccccc1Br)C1CCCS1. The summed E-state index contributed by atoms with van der Waals surface area (Å²) in [4.78, 5) is 0. The highest BCUT2D eigenvalue weighted by Gasteiger charge is 2.25. The summed E-state index contributed by atoms with van der Waals surface area (Å²) in [7, 11) is 0. The Kier molecular flexibility index (Phi) is 5.39. The van der Waals surface area contributed by atoms with Crippen molar-refractivity contribution in [2.75, 3.05) is 12.3 Å². The maximum absolute atomic E-state index is 3.66. The largest absolute Gasteiger partial charge is 0.313 e. The van der Waals surface area contributed by atoms with Crippen molar-refractivity contribution in [2.45, 2.75) is 37.5 Å². The van der Waals surface area contributed by atoms with E-state index in [0.29, 0.717) is 6.04 Å². The normalized spacial score (nSPS) is 21.6. The van der Waals surface area contributed by atoms with Crippen molar-refractivity contribution in [2.24, 2.45) is 0 Å². The predicted molar refractivity (Wildman–Crippen MR) is 80.8 cm³/mol. The summed E-state index contributed by atoms with van der Waals surface area (Å²) in [6, 6.07) is 9.20. The van der Waals surface area contributed by atoms with Gasteiger partial charge in [0.05, 0.1) is 0 Å². The number of likely N-dealkylation sites (N-methyl/N-ethyl adjacent to an activating group) is 1. The molecule has 1 aliphatic rings. The smallest absolute Gasteiger partial charge is 0.0227 e. The minimum absolute atomic E-state index is 0.617. The van der Waals surface area contributed by atoms with E-state index < -0.39 is 0 Å². The van der Waals surface area contributed by atoms with E-state index in [9.17, 15) is 0 Å². The molecular formula is C14H20BrNS. The van der Waals surface area contributed by atoms with Crippen molar-refractivity contribution in [3.63, 3.8) is 0 Å². The molecule has 0 aromatic heterocycles. The minimum atomic E-state index is 0.617. The second-order valence-electron chi connectivity index (χ2n) is 4.51. The molecule has 2 rings (SSSR count). The first-order chi connectivity index (χ1) is 8.31. The van der Waals surface area contributed by atoms with Gasteiger partial charge >= 0.3 is 0 Å². The van der Waals surface area contributed by atoms with Crippen LogP contribution in [0.15, 0.2) is 28.7 Å². The van der Waals surface area contributed by atoms with Crippen molar-refractivity contribution in [3.8, 4) is 0 Å². The Morgan fingerprint density at radius 3 is 2.94 bits per heavy atom. The number of benzene rings is 1. The summed E-state index contributed by atoms with van der Waals surface area (Å²) >= 11 is 5.79. The van der Waals surface area contributed by atoms with Crippen LogP contribution < -0.4 is 5.32 Å². The molecular weight excluding hydrogens is 294 g/mol. The molecule has 17 heavy (non-hydrogen) atoms. The first kappa shape index (κ1) is 13.4. The number of hydrogen-bond donors (Lipinski definition) is 1. The number of nitrogens with one attached hydrogen (secondary N) is 1. The van der Waals surface area contributed by atoms with E-state index in [2.05, 4.69) is 64.2 Å². The zero-order valence-corrected chi connectivity index (χ0v) is 12.7. The first-order valence-electron chi connectivity index (χ1n) is 6.39. The average molecular weight is 314 g/mol. The second-order valence-corrected chi connectivity index (χ2v) is 6.71. The van der Waals surface area contributed by atoms with Crippen LogP contribution >= 0.6 is 27.7 Å². The van der Waals surface area contributed by atoms with Crippen molar-refractivity contribution < 1.29 is 0 Å². The van der Waals surface area contributed by atoms with Crippen LogP contribution in [0.2, 0.25) is 0 Å². The molecule has 3 heteroatoms. The highest BCUT2D eigenvalue weighted by atomic mass is 79.9. The van der Waals surface area contributed by atoms with Crippen LogP contribution in [-0.2, 0) is 6.42 Å². The molecule has 1 saturated heterocycles. The van der Waals surface area contributed by atoms with E-state index in [1.807, 2.05) is 0 Å². The standard InChI is InChI=1S/C14H20BrNS/c1-2-16-13(14-8-5-9-17-14)10-11-6-3-4-7-12(11)15/h3-4,6-7,13-14,16H,2,5,8-10H2,1H3. The minimum Gasteiger partial charge on any atom is -0.313 e. The molecule has 1 aromatic rings. The molecule has 1 N–H and O–H groups in total. The zero-order chi connectivity index (χ0) is 12.1. The van der Waals surface area contributed by atoms with Crippen LogP contribution in [0.3, 0.4) is 0 Å². The van der Waals surface area contributed by atoms with E-state index in [4.69, 9.17) is 0 Å². The maximum Gasteiger partial charge on any atom is 0.0227 e. The van der Waals surface area contributed by atoms with E-state index >= 15 is 0 Å². The Labute approximate surface area is 117 Å². The lowest BCUT2D eigenvalue weighted by Gasteiger charge is -2.24. The van der Waals surface area contributed by atoms with Gasteiger partial charge in [-0.15, -0.1) is 0 Å². The van der Waals surface area contributed by atoms with Crippen LogP contribution in [-0.4, -0.2) is 23.6 Å². The fourth-order valence-corrected chi connectivity index (χ4v) is 4.26. The molecule has 2 unspecified atom stereocenters. The second kappa shape index (κ2) is 6.81. The van der Waals surface area contributed by atoms with Crippen molar-refractivity contribution >= 4 is 27.7 Å². The number of rotatable bonds is 5. The Morgan fingerprint density at radius 2 is 2.29 bits per heavy atom. The Morgan fingerprint density at radius 1 is 1.47 bits per heavy atom. The van der Waals surface area contributed by atoms with Gasteiger partial charge in [-0.2, -0.15) is 11.8 Å². The summed E-state index contributed by atoms with van der Waals surface area (Å²) < 4.78 is 1.24. The lowest BCUT2D eigenvalue weighted by atomic mass is 10.0. The van der Waals surface area contributed by atoms with Crippen molar-refractivity contribution in [3.05, 3.63) is 34.3 Å². The van der Waals surface area contributed by atoms with E-state index in [0.717, 1.165) is 18.2 Å². The zero-order valence-electron chi connectivity index (χ0n) is 10.3. The summed E-state index contributed by atoms with van der Waals surface area (Å²) in [5.74, 6) is 1.34. The molecule has 0 spiro atoms. The lowest BCUT2D eigenvalue weighted by molar-refractivity contribution is 0.495. The molecule has 0 amide bonds. The molecule has 0 radical (unpaired) electrons. The molecule has 1 aromatic carbocycles. The van der Waals surface area contributed by atoms with Crippen LogP contribution in [0.5, 0.6) is 0 Å². The van der Waals surface area contributed by atoms with Gasteiger partial charge in [0.2, 0.25) is 0 Å². The van der Waals surface area contributed by atoms with Gasteiger partial charge in [0.25, 0.3) is 0 Å². The topological polar surface area (TPSA) is 12.0 Å². The van der Waals surface area contributed by atoms with Crippen molar-refractivity contribution in [1.82, 2.24) is 5.32 Å². The van der Waals surface area contributed by atoms with Gasteiger partial charge in [-0.3, -0.25) is 0 Å². The first-order valence-corrected chi connectivity index (χ1v) is 8.24. The Bertz CT molecular complexity index is 350. The molecule has 1 nitrogen and oxygen atoms in total. The van der Waals surface area contributed by atoms with Gasteiger partial charge < -0.3 is 5.32 Å². The van der Waals surface area contributed by atoms with Gasteiger partial charge in [-0.25, -0.2) is 0 Å². The highest BCUT2D eigenvalue weighted by Crippen LogP contribution is 2.31. The fourth-order valence-electron chi connectivity index (χ4n) is 2.42. The average Bonchev–Trinajstić information content (AvgIpc) is 2.85. The molecule has 94 valence electrons. The summed E-state index contributed by atoms with van der Waals surface area (Å²) in [5.41, 5.74) is 1.42. The number of hydrogen-bond acceptors (Lipinski definition) is 2. The summed E-state index contributed by atoms with van der Waals surface area (Å²) in [5, 5.41) is 4.45. The molecule has 1 fully saturated rings. The van der Waals surface area contributed by atoms with Crippen LogP contribution in [0.1, 0.15) is 25.3 Å². The quantitative estimate of drug-likeness (QED) is 0.885. The third kappa shape index (κ3) is 3.73. The Hall–Kier alpha value is 0.01000. The summed E-state index contributed by atoms with van der Waals surface area (Å²) in [6.07, 6.45) is 3.88. The number of halogens is 1. The van der Waals surface area contributed by atoms with E-state index in [-0.39, 0.29) is 0 Å². The third-order valence-electron chi connectivity index (χ3n) is 3.28. The van der Waals surface area contributed by atoms with Crippen LogP contribution in [0.25, 0.3) is 0 Å². The molecule has 0 saturated carbocycles. The van der Waals surface area contributed by atoms with E-state index in [1.54, 1.807) is 0 Å². The monoisotopic (exact) mass is 313 g/mol. The predicted octanol–water partition coefficient (Wildman–Crippen LogP) is 3.87. The van der Waals surface area contributed by atoms with Crippen LogP contribution in [0.4, 0.5) is 0 Å². The lowest BCUT2D eigenvalue weighted by Crippen LogP contribution is -2.38. The van der Waals surface area contributed by atoms with Gasteiger partial charge in [0.15, 0.2) is 0 Å². The van der Waals surface area contributed by atoms with Gasteiger partial charge in [-0.1, -0.05) is 41.1 Å². The van der Waals surface area contributed by atoms with Crippen LogP contribution in [0, 0.1) is 0 Å². The van der Waals surface area contributed by atoms with Gasteiger partial charge in [-0.05, 0) is 43.2 Å². The molecule has 0 aliphatic carbocycles. The number of thioether (sulfide) groups is 1. The molecule has 0 bridgehead atoms. The third-order valence-corrected chi connectivity index (χ3v) is 5.57. The fraction of sp³-hybridized carbons (Fsp3) is 0.571. The molecule has 1 aliphatic heterocycles. The van der Waals surface area contributed by atoms with Crippen molar-refractivity contribution in [1.29, 1.82) is 0 Å². The van der Waals surface area contributed by atoms with Gasteiger partial charge in [0.1, 0.15) is 0 Å². The maximum atomic E-state index is 3.66. The molecule has 1 heterocycles. The summed E-state index contributed by atoms with van der Waals surface area (Å²) in [6.45, 7) is 3.26. The highest BCUT2D eigenvalue weighted by molar-refractivity contribution is 9.10. The van der Waals surface area contributed by atoms with E-state index in [1.165, 1.54) is 28.6 Å². The Balaban J connectivity index is 2.04.